The molecule has 0 saturated carbocycles. The minimum atomic E-state index is -4.19. The average molecular weight is 591 g/mol. The highest BCUT2D eigenvalue weighted by molar-refractivity contribution is 7.89. The van der Waals surface area contributed by atoms with Gasteiger partial charge >= 0.3 is 0 Å². The fraction of sp³-hybridized carbons (Fsp3) is 0.174. The second-order valence-electron chi connectivity index (χ2n) is 7.66. The van der Waals surface area contributed by atoms with Crippen molar-refractivity contribution < 1.29 is 21.6 Å². The smallest absolute Gasteiger partial charge is 0.243 e. The fourth-order valence-electron chi connectivity index (χ4n) is 3.21. The molecule has 0 atom stereocenters. The van der Waals surface area contributed by atoms with Crippen LogP contribution in [0.25, 0.3) is 0 Å². The molecule has 8 nitrogen and oxygen atoms in total. The third-order valence-corrected chi connectivity index (χ3v) is 9.41. The van der Waals surface area contributed by atoms with E-state index in [-0.39, 0.29) is 32.1 Å². The van der Waals surface area contributed by atoms with Gasteiger partial charge in [-0.1, -0.05) is 46.9 Å². The maximum Gasteiger partial charge on any atom is 0.243 e. The van der Waals surface area contributed by atoms with Crippen LogP contribution in [-0.2, 0) is 31.4 Å². The highest BCUT2D eigenvalue weighted by Crippen LogP contribution is 2.29. The van der Waals surface area contributed by atoms with Crippen LogP contribution in [0.2, 0.25) is 15.1 Å². The van der Waals surface area contributed by atoms with Gasteiger partial charge in [0.15, 0.2) is 0 Å². The first-order valence-corrected chi connectivity index (χ1v) is 14.4. The van der Waals surface area contributed by atoms with Crippen LogP contribution < -0.4 is 10.0 Å². The number of amides is 1. The van der Waals surface area contributed by atoms with E-state index in [4.69, 9.17) is 34.8 Å². The maximum absolute atomic E-state index is 13.5. The van der Waals surface area contributed by atoms with Gasteiger partial charge in [0.25, 0.3) is 0 Å². The summed E-state index contributed by atoms with van der Waals surface area (Å²) in [6.07, 6.45) is 0. The lowest BCUT2D eigenvalue weighted by Crippen LogP contribution is -2.37. The SMILES string of the molecule is CNS(=O)(=O)c1ccc(C)c(NC(=O)CN(Cc2c(Cl)cccc2Cl)S(=O)(=O)c2ccc(Cl)cc2)c1. The predicted molar refractivity (Wildman–Crippen MR) is 142 cm³/mol. The normalized spacial score (nSPS) is 12.1. The molecule has 3 aromatic carbocycles. The van der Waals surface area contributed by atoms with Gasteiger partial charge in [0.2, 0.25) is 26.0 Å². The van der Waals surface area contributed by atoms with Crippen LogP contribution in [0.3, 0.4) is 0 Å². The van der Waals surface area contributed by atoms with Gasteiger partial charge in [0, 0.05) is 32.9 Å². The summed E-state index contributed by atoms with van der Waals surface area (Å²) in [6.45, 7) is 0.788. The van der Waals surface area contributed by atoms with Gasteiger partial charge in [-0.05, 0) is 68.1 Å². The Labute approximate surface area is 225 Å². The topological polar surface area (TPSA) is 113 Å². The van der Waals surface area contributed by atoms with Gasteiger partial charge in [0.05, 0.1) is 16.3 Å². The number of sulfonamides is 2. The summed E-state index contributed by atoms with van der Waals surface area (Å²) in [6, 6.07) is 14.5. The van der Waals surface area contributed by atoms with Gasteiger partial charge < -0.3 is 5.32 Å². The van der Waals surface area contributed by atoms with E-state index in [0.29, 0.717) is 16.1 Å². The average Bonchev–Trinajstić information content (AvgIpc) is 2.82. The molecule has 0 aliphatic carbocycles. The predicted octanol–water partition coefficient (Wildman–Crippen LogP) is 4.69. The zero-order chi connectivity index (χ0) is 26.7. The molecule has 13 heteroatoms. The van der Waals surface area contributed by atoms with Crippen molar-refractivity contribution in [3.63, 3.8) is 0 Å². The minimum Gasteiger partial charge on any atom is -0.325 e. The van der Waals surface area contributed by atoms with E-state index in [1.807, 2.05) is 0 Å². The standard InChI is InChI=1S/C23H22Cl3N3O5S2/c1-15-6-9-18(35(31,32)27-2)12-22(15)28-23(30)14-29(13-19-20(25)4-3-5-21(19)26)36(33,34)17-10-7-16(24)8-11-17/h3-12,27H,13-14H2,1-2H3,(H,28,30). The third-order valence-electron chi connectivity index (χ3n) is 5.23. The number of carbonyl (C=O) groups excluding carboxylic acids is 1. The molecule has 1 amide bonds. The zero-order valence-electron chi connectivity index (χ0n) is 19.1. The number of rotatable bonds is 9. The Morgan fingerprint density at radius 1 is 0.889 bits per heavy atom. The van der Waals surface area contributed by atoms with Crippen molar-refractivity contribution in [1.82, 2.24) is 9.03 Å². The van der Waals surface area contributed by atoms with Crippen molar-refractivity contribution in [3.8, 4) is 0 Å². The van der Waals surface area contributed by atoms with Crippen molar-refractivity contribution in [1.29, 1.82) is 0 Å². The minimum absolute atomic E-state index is 0.0561. The van der Waals surface area contributed by atoms with Gasteiger partial charge in [-0.2, -0.15) is 4.31 Å². The summed E-state index contributed by atoms with van der Waals surface area (Å²) >= 11 is 18.4. The van der Waals surface area contributed by atoms with Crippen LogP contribution in [0.1, 0.15) is 11.1 Å². The van der Waals surface area contributed by atoms with Crippen molar-refractivity contribution in [2.24, 2.45) is 0 Å². The largest absolute Gasteiger partial charge is 0.325 e. The monoisotopic (exact) mass is 589 g/mol. The van der Waals surface area contributed by atoms with Crippen LogP contribution in [0.5, 0.6) is 0 Å². The Balaban J connectivity index is 1.96. The van der Waals surface area contributed by atoms with Gasteiger partial charge in [0.1, 0.15) is 0 Å². The number of halogens is 3. The molecular weight excluding hydrogens is 569 g/mol. The molecule has 36 heavy (non-hydrogen) atoms. The molecule has 0 aliphatic heterocycles. The summed E-state index contributed by atoms with van der Waals surface area (Å²) in [5.41, 5.74) is 1.13. The Kier molecular flexibility index (Phi) is 9.05. The number of hydrogen-bond acceptors (Lipinski definition) is 5. The lowest BCUT2D eigenvalue weighted by Gasteiger charge is -2.23. The van der Waals surface area contributed by atoms with E-state index in [2.05, 4.69) is 10.0 Å². The molecule has 0 fully saturated rings. The molecule has 2 N–H and O–H groups in total. The number of benzene rings is 3. The van der Waals surface area contributed by atoms with Gasteiger partial charge in [-0.15, -0.1) is 0 Å². The third kappa shape index (κ3) is 6.57. The molecule has 0 aliphatic rings. The number of hydrogen-bond donors (Lipinski definition) is 2. The molecular formula is C23H22Cl3N3O5S2. The first-order chi connectivity index (χ1) is 16.8. The van der Waals surface area contributed by atoms with Crippen molar-refractivity contribution in [2.45, 2.75) is 23.3 Å². The molecule has 0 bridgehead atoms. The molecule has 0 aromatic heterocycles. The van der Waals surface area contributed by atoms with Gasteiger partial charge in [-0.3, -0.25) is 4.79 Å². The molecule has 3 rings (SSSR count). The van der Waals surface area contributed by atoms with Crippen molar-refractivity contribution in [3.05, 3.63) is 86.9 Å². The fourth-order valence-corrected chi connectivity index (χ4v) is 5.98. The van der Waals surface area contributed by atoms with E-state index in [9.17, 15) is 21.6 Å². The first-order valence-electron chi connectivity index (χ1n) is 10.4. The lowest BCUT2D eigenvalue weighted by atomic mass is 10.2. The van der Waals surface area contributed by atoms with E-state index in [1.165, 1.54) is 49.5 Å². The first kappa shape index (κ1) is 28.4. The van der Waals surface area contributed by atoms with Crippen LogP contribution in [0.15, 0.2) is 70.5 Å². The summed E-state index contributed by atoms with van der Waals surface area (Å²) in [5.74, 6) is -0.696. The van der Waals surface area contributed by atoms with Crippen LogP contribution in [0, 0.1) is 6.92 Å². The van der Waals surface area contributed by atoms with E-state index in [1.54, 1.807) is 25.1 Å². The summed E-state index contributed by atoms with van der Waals surface area (Å²) in [5, 5.41) is 3.42. The molecule has 3 aromatic rings. The Bertz CT molecular complexity index is 1480. The number of anilines is 1. The van der Waals surface area contributed by atoms with Gasteiger partial charge in [-0.25, -0.2) is 21.6 Å². The highest BCUT2D eigenvalue weighted by atomic mass is 35.5. The summed E-state index contributed by atoms with van der Waals surface area (Å²) in [4.78, 5) is 12.9. The molecule has 0 radical (unpaired) electrons. The van der Waals surface area contributed by atoms with Crippen LogP contribution in [-0.4, -0.2) is 40.6 Å². The van der Waals surface area contributed by atoms with E-state index in [0.717, 1.165) is 4.31 Å². The van der Waals surface area contributed by atoms with E-state index < -0.39 is 32.5 Å². The second-order valence-corrected chi connectivity index (χ2v) is 12.7. The highest BCUT2D eigenvalue weighted by Gasteiger charge is 2.28. The van der Waals surface area contributed by atoms with Crippen molar-refractivity contribution in [2.75, 3.05) is 18.9 Å². The maximum atomic E-state index is 13.5. The van der Waals surface area contributed by atoms with E-state index >= 15 is 0 Å². The second kappa shape index (κ2) is 11.5. The Morgan fingerprint density at radius 2 is 1.47 bits per heavy atom. The van der Waals surface area contributed by atoms with Crippen LogP contribution in [0.4, 0.5) is 5.69 Å². The number of nitrogens with one attached hydrogen (secondary N) is 2. The summed E-state index contributed by atoms with van der Waals surface area (Å²) in [7, 11) is -6.68. The zero-order valence-corrected chi connectivity index (χ0v) is 23.0. The Hall–Kier alpha value is -2.18. The number of aryl methyl sites for hydroxylation is 1. The molecule has 0 spiro atoms. The van der Waals surface area contributed by atoms with Crippen molar-refractivity contribution >= 4 is 66.4 Å². The number of carbonyl (C=O) groups is 1. The molecule has 0 unspecified atom stereocenters. The lowest BCUT2D eigenvalue weighted by molar-refractivity contribution is -0.116. The quantitative estimate of drug-likeness (QED) is 0.375. The van der Waals surface area contributed by atoms with Crippen LogP contribution >= 0.6 is 34.8 Å². The summed E-state index contributed by atoms with van der Waals surface area (Å²) < 4.78 is 54.4. The molecule has 192 valence electrons. The molecule has 0 heterocycles. The Morgan fingerprint density at radius 3 is 2.06 bits per heavy atom. The number of nitrogens with zero attached hydrogens (tertiary/aromatic N) is 1. The molecule has 0 saturated heterocycles.